The monoisotopic (exact) mass is 196 g/mol. The molecule has 2 N–H and O–H groups in total. The lowest BCUT2D eigenvalue weighted by Crippen LogP contribution is -2.15. The molecule has 1 unspecified atom stereocenters. The first-order chi connectivity index (χ1) is 5.45. The third kappa shape index (κ3) is 7.52. The highest BCUT2D eigenvalue weighted by atomic mass is 32.2. The second kappa shape index (κ2) is 5.13. The molecule has 0 heterocycles. The lowest BCUT2D eigenvalue weighted by atomic mass is 10.5. The molecule has 5 nitrogen and oxygen atoms in total. The Labute approximate surface area is 71.4 Å². The molecule has 0 aliphatic carbocycles. The number of allylic oxidation sites excluding steroid dienone is 1. The lowest BCUT2D eigenvalue weighted by molar-refractivity contribution is -0.0522. The quantitative estimate of drug-likeness (QED) is 0.371. The summed E-state index contributed by atoms with van der Waals surface area (Å²) in [5, 5.41) is 8.89. The van der Waals surface area contributed by atoms with Crippen molar-refractivity contribution in [1.29, 1.82) is 0 Å². The Kier molecular flexibility index (Phi) is 4.87. The van der Waals surface area contributed by atoms with Gasteiger partial charge in [0, 0.05) is 6.42 Å². The lowest BCUT2D eigenvalue weighted by Gasteiger charge is -2.07. The van der Waals surface area contributed by atoms with Gasteiger partial charge in [-0.2, -0.15) is 8.42 Å². The van der Waals surface area contributed by atoms with Crippen LogP contribution in [0.1, 0.15) is 13.3 Å². The maximum absolute atomic E-state index is 10.2. The largest absolute Gasteiger partial charge is 0.473 e. The number of hydrogen-bond acceptors (Lipinski definition) is 4. The Hall–Kier alpha value is -0.590. The van der Waals surface area contributed by atoms with Crippen molar-refractivity contribution in [2.24, 2.45) is 0 Å². The zero-order valence-electron chi connectivity index (χ0n) is 6.67. The highest BCUT2D eigenvalue weighted by Gasteiger charge is 2.09. The smallest absolute Gasteiger partial charge is 0.265 e. The molecule has 0 radical (unpaired) electrons. The number of aliphatic hydroxyl groups excluding tert-OH is 1. The molecule has 1 atom stereocenters. The molecule has 0 aromatic carbocycles. The molecule has 0 fully saturated rings. The first kappa shape index (κ1) is 11.4. The van der Waals surface area contributed by atoms with Crippen molar-refractivity contribution in [3.63, 3.8) is 0 Å². The average molecular weight is 196 g/mol. The van der Waals surface area contributed by atoms with E-state index < -0.39 is 22.2 Å². The molecular weight excluding hydrogens is 184 g/mol. The van der Waals surface area contributed by atoms with Crippen molar-refractivity contribution in [2.75, 3.05) is 5.75 Å². The molecule has 0 bridgehead atoms. The van der Waals surface area contributed by atoms with E-state index in [-0.39, 0.29) is 6.42 Å². The predicted octanol–water partition coefficient (Wildman–Crippen LogP) is 0.133. The molecule has 0 aromatic rings. The summed E-state index contributed by atoms with van der Waals surface area (Å²) < 4.78 is 33.2. The van der Waals surface area contributed by atoms with Crippen LogP contribution in [0, 0.1) is 0 Å². The van der Waals surface area contributed by atoms with Crippen molar-refractivity contribution in [1.82, 2.24) is 0 Å². The normalized spacial score (nSPS) is 14.9. The zero-order valence-corrected chi connectivity index (χ0v) is 7.49. The number of rotatable bonds is 5. The zero-order chi connectivity index (χ0) is 9.61. The van der Waals surface area contributed by atoms with Gasteiger partial charge >= 0.3 is 0 Å². The molecular formula is C6H12O5S. The summed E-state index contributed by atoms with van der Waals surface area (Å²) in [6.07, 6.45) is 1.46. The Balaban J connectivity index is 3.65. The minimum Gasteiger partial charge on any atom is -0.473 e. The molecule has 72 valence electrons. The van der Waals surface area contributed by atoms with Gasteiger partial charge < -0.3 is 9.84 Å². The van der Waals surface area contributed by atoms with E-state index in [9.17, 15) is 8.42 Å². The molecule has 0 saturated heterocycles. The van der Waals surface area contributed by atoms with E-state index in [1.807, 2.05) is 0 Å². The first-order valence-electron chi connectivity index (χ1n) is 3.35. The summed E-state index contributed by atoms with van der Waals surface area (Å²) in [6, 6.07) is 0. The van der Waals surface area contributed by atoms with Gasteiger partial charge in [0.15, 0.2) is 6.29 Å². The van der Waals surface area contributed by atoms with Gasteiger partial charge in [-0.25, -0.2) is 0 Å². The van der Waals surface area contributed by atoms with Crippen molar-refractivity contribution in [3.05, 3.63) is 12.3 Å². The minimum atomic E-state index is -4.01. The van der Waals surface area contributed by atoms with E-state index in [1.165, 1.54) is 6.26 Å². The topological polar surface area (TPSA) is 83.8 Å². The molecule has 0 amide bonds. The van der Waals surface area contributed by atoms with Crippen molar-refractivity contribution in [3.8, 4) is 0 Å². The summed E-state index contributed by atoms with van der Waals surface area (Å²) >= 11 is 0. The van der Waals surface area contributed by atoms with Crippen LogP contribution in [-0.4, -0.2) is 30.1 Å². The number of aliphatic hydroxyl groups is 1. The Bertz CT molecular complexity index is 230. The molecule has 12 heavy (non-hydrogen) atoms. The summed E-state index contributed by atoms with van der Waals surface area (Å²) in [5.41, 5.74) is 0. The molecule has 0 aliphatic heterocycles. The highest BCUT2D eigenvalue weighted by molar-refractivity contribution is 7.85. The van der Waals surface area contributed by atoms with E-state index >= 15 is 0 Å². The molecule has 0 saturated carbocycles. The molecule has 0 spiro atoms. The van der Waals surface area contributed by atoms with Crippen molar-refractivity contribution >= 4 is 10.1 Å². The van der Waals surface area contributed by atoms with E-state index in [0.29, 0.717) is 0 Å². The van der Waals surface area contributed by atoms with Gasteiger partial charge in [0.2, 0.25) is 0 Å². The van der Waals surface area contributed by atoms with Gasteiger partial charge in [-0.3, -0.25) is 4.55 Å². The van der Waals surface area contributed by atoms with Gasteiger partial charge in [-0.05, 0) is 6.92 Å². The van der Waals surface area contributed by atoms with Crippen LogP contribution in [0.15, 0.2) is 12.3 Å². The van der Waals surface area contributed by atoms with E-state index in [1.54, 1.807) is 13.0 Å². The third-order valence-electron chi connectivity index (χ3n) is 0.994. The maximum atomic E-state index is 10.2. The first-order valence-corrected chi connectivity index (χ1v) is 4.96. The van der Waals surface area contributed by atoms with Gasteiger partial charge in [-0.15, -0.1) is 0 Å². The summed E-state index contributed by atoms with van der Waals surface area (Å²) in [4.78, 5) is 0. The summed E-state index contributed by atoms with van der Waals surface area (Å²) in [5.74, 6) is -0.508. The van der Waals surface area contributed by atoms with Crippen LogP contribution in [0.5, 0.6) is 0 Å². The average Bonchev–Trinajstić information content (AvgIpc) is 1.95. The van der Waals surface area contributed by atoms with Gasteiger partial charge in [0.05, 0.1) is 12.0 Å². The highest BCUT2D eigenvalue weighted by Crippen LogP contribution is 1.97. The fourth-order valence-electron chi connectivity index (χ4n) is 0.487. The van der Waals surface area contributed by atoms with E-state index in [2.05, 4.69) is 4.74 Å². The predicted molar refractivity (Wildman–Crippen MR) is 42.9 cm³/mol. The van der Waals surface area contributed by atoms with Crippen molar-refractivity contribution < 1.29 is 22.8 Å². The minimum absolute atomic E-state index is 0.150. The van der Waals surface area contributed by atoms with Gasteiger partial charge in [0.1, 0.15) is 0 Å². The molecule has 0 aliphatic rings. The second-order valence-corrected chi connectivity index (χ2v) is 3.71. The van der Waals surface area contributed by atoms with Crippen molar-refractivity contribution in [2.45, 2.75) is 19.6 Å². The fourth-order valence-corrected chi connectivity index (χ4v) is 0.987. The summed E-state index contributed by atoms with van der Waals surface area (Å²) in [7, 11) is -4.01. The van der Waals surface area contributed by atoms with Crippen LogP contribution >= 0.6 is 0 Å². The Morgan fingerprint density at radius 3 is 2.58 bits per heavy atom. The van der Waals surface area contributed by atoms with Crippen LogP contribution in [0.25, 0.3) is 0 Å². The second-order valence-electron chi connectivity index (χ2n) is 2.13. The third-order valence-corrected chi connectivity index (χ3v) is 1.75. The molecule has 0 aromatic heterocycles. The standard InChI is InChI=1S/C6H12O5S/c1-2-4-11-6(7)3-5-12(8,9)10/h2,4,6-7H,3,5H2,1H3,(H,8,9,10). The number of ether oxygens (including phenoxy) is 1. The molecule has 6 heteroatoms. The fraction of sp³-hybridized carbons (Fsp3) is 0.667. The SMILES string of the molecule is CC=COC(O)CCS(=O)(=O)O. The number of hydrogen-bond donors (Lipinski definition) is 2. The van der Waals surface area contributed by atoms with E-state index in [0.717, 1.165) is 0 Å². The van der Waals surface area contributed by atoms with Gasteiger partial charge in [0.25, 0.3) is 10.1 Å². The summed E-state index contributed by atoms with van der Waals surface area (Å²) in [6.45, 7) is 1.69. The van der Waals surface area contributed by atoms with Crippen LogP contribution in [0.2, 0.25) is 0 Å². The Morgan fingerprint density at radius 2 is 2.17 bits per heavy atom. The van der Waals surface area contributed by atoms with Crippen LogP contribution in [0.3, 0.4) is 0 Å². The maximum Gasteiger partial charge on any atom is 0.265 e. The van der Waals surface area contributed by atoms with Gasteiger partial charge in [-0.1, -0.05) is 6.08 Å². The van der Waals surface area contributed by atoms with Crippen LogP contribution < -0.4 is 0 Å². The Morgan fingerprint density at radius 1 is 1.58 bits per heavy atom. The molecule has 0 rings (SSSR count). The van der Waals surface area contributed by atoms with E-state index in [4.69, 9.17) is 9.66 Å². The van der Waals surface area contributed by atoms with Crippen LogP contribution in [-0.2, 0) is 14.9 Å². The van der Waals surface area contributed by atoms with Crippen LogP contribution in [0.4, 0.5) is 0 Å².